The molecule has 3 rings (SSSR count). The van der Waals surface area contributed by atoms with Crippen molar-refractivity contribution in [2.75, 3.05) is 0 Å². The van der Waals surface area contributed by atoms with Crippen molar-refractivity contribution in [1.29, 1.82) is 0 Å². The first-order chi connectivity index (χ1) is 11.0. The van der Waals surface area contributed by atoms with Gasteiger partial charge in [-0.05, 0) is 23.6 Å². The second-order valence-electron chi connectivity index (χ2n) is 4.77. The topological polar surface area (TPSA) is 86.5 Å². The summed E-state index contributed by atoms with van der Waals surface area (Å²) < 4.78 is 29.9. The first kappa shape index (κ1) is 15.0. The van der Waals surface area contributed by atoms with Gasteiger partial charge in [-0.25, -0.2) is 0 Å². The molecule has 0 aliphatic rings. The highest BCUT2D eigenvalue weighted by molar-refractivity contribution is 7.87. The summed E-state index contributed by atoms with van der Waals surface area (Å²) in [6.07, 6.45) is 0. The first-order valence-electron chi connectivity index (χ1n) is 6.64. The molecule has 0 aliphatic heterocycles. The summed E-state index contributed by atoms with van der Waals surface area (Å²) in [6.45, 7) is 0. The summed E-state index contributed by atoms with van der Waals surface area (Å²) in [7, 11) is -4.07. The molecular formula is C16H11NO5S. The Hall–Kier alpha value is -2.93. The van der Waals surface area contributed by atoms with Crippen LogP contribution in [0.2, 0.25) is 0 Å². The van der Waals surface area contributed by atoms with Crippen LogP contribution in [0.4, 0.5) is 5.69 Å². The van der Waals surface area contributed by atoms with Crippen molar-refractivity contribution in [3.05, 3.63) is 76.8 Å². The largest absolute Gasteiger partial charge is 0.378 e. The van der Waals surface area contributed by atoms with Crippen LogP contribution in [-0.2, 0) is 10.1 Å². The molecule has 7 heteroatoms. The molecule has 0 aliphatic carbocycles. The minimum atomic E-state index is -4.07. The SMILES string of the molecule is O=[N+]([O-])c1ccc(S(=O)(=O)Oc2cccc3ccccc23)cc1. The number of hydrogen-bond donors (Lipinski definition) is 0. The van der Waals surface area contributed by atoms with Gasteiger partial charge in [-0.15, -0.1) is 0 Å². The summed E-state index contributed by atoms with van der Waals surface area (Å²) >= 11 is 0. The van der Waals surface area contributed by atoms with Crippen molar-refractivity contribution in [3.63, 3.8) is 0 Å². The molecular weight excluding hydrogens is 318 g/mol. The predicted octanol–water partition coefficient (Wildman–Crippen LogP) is 3.52. The zero-order valence-electron chi connectivity index (χ0n) is 11.7. The quantitative estimate of drug-likeness (QED) is 0.415. The van der Waals surface area contributed by atoms with E-state index in [4.69, 9.17) is 4.18 Å². The number of non-ortho nitro benzene ring substituents is 1. The van der Waals surface area contributed by atoms with Gasteiger partial charge in [-0.2, -0.15) is 8.42 Å². The molecule has 0 spiro atoms. The molecule has 0 atom stereocenters. The van der Waals surface area contributed by atoms with Crippen molar-refractivity contribution in [1.82, 2.24) is 0 Å². The average Bonchev–Trinajstić information content (AvgIpc) is 2.55. The Morgan fingerprint density at radius 1 is 0.870 bits per heavy atom. The normalized spacial score (nSPS) is 11.3. The molecule has 23 heavy (non-hydrogen) atoms. The van der Waals surface area contributed by atoms with E-state index >= 15 is 0 Å². The molecule has 0 amide bonds. The number of benzene rings is 3. The van der Waals surface area contributed by atoms with Crippen molar-refractivity contribution >= 4 is 26.6 Å². The van der Waals surface area contributed by atoms with Gasteiger partial charge in [0.1, 0.15) is 4.90 Å². The van der Waals surface area contributed by atoms with E-state index in [9.17, 15) is 18.5 Å². The van der Waals surface area contributed by atoms with Crippen molar-refractivity contribution in [2.45, 2.75) is 4.90 Å². The minimum absolute atomic E-state index is 0.143. The summed E-state index contributed by atoms with van der Waals surface area (Å²) in [5.41, 5.74) is -0.186. The third kappa shape index (κ3) is 3.00. The van der Waals surface area contributed by atoms with Crippen LogP contribution in [0.1, 0.15) is 0 Å². The highest BCUT2D eigenvalue weighted by atomic mass is 32.2. The van der Waals surface area contributed by atoms with Gasteiger partial charge in [0.2, 0.25) is 0 Å². The standard InChI is InChI=1S/C16H11NO5S/c18-17(19)13-8-10-14(11-9-13)23(20,21)22-16-7-3-5-12-4-1-2-6-15(12)16/h1-11H. The molecule has 3 aromatic rings. The zero-order valence-corrected chi connectivity index (χ0v) is 12.6. The van der Waals surface area contributed by atoms with Gasteiger partial charge in [0.05, 0.1) is 4.92 Å². The maximum atomic E-state index is 12.3. The lowest BCUT2D eigenvalue weighted by molar-refractivity contribution is -0.384. The minimum Gasteiger partial charge on any atom is -0.378 e. The zero-order chi connectivity index (χ0) is 16.4. The Morgan fingerprint density at radius 3 is 2.22 bits per heavy atom. The van der Waals surface area contributed by atoms with Crippen LogP contribution >= 0.6 is 0 Å². The lowest BCUT2D eigenvalue weighted by atomic mass is 10.1. The molecule has 0 saturated heterocycles. The van der Waals surface area contributed by atoms with Crippen LogP contribution in [0.15, 0.2) is 71.6 Å². The van der Waals surface area contributed by atoms with E-state index in [1.165, 1.54) is 0 Å². The van der Waals surface area contributed by atoms with Crippen LogP contribution in [0.5, 0.6) is 5.75 Å². The van der Waals surface area contributed by atoms with Gasteiger partial charge < -0.3 is 4.18 Å². The summed E-state index contributed by atoms with van der Waals surface area (Å²) in [6, 6.07) is 16.9. The summed E-state index contributed by atoms with van der Waals surface area (Å²) in [5.74, 6) is 0.210. The Balaban J connectivity index is 1.98. The van der Waals surface area contributed by atoms with Gasteiger partial charge in [-0.1, -0.05) is 36.4 Å². The number of nitro groups is 1. The number of nitro benzene ring substituents is 1. The monoisotopic (exact) mass is 329 g/mol. The molecule has 0 aromatic heterocycles. The van der Waals surface area contributed by atoms with E-state index in [0.29, 0.717) is 5.39 Å². The van der Waals surface area contributed by atoms with Crippen molar-refractivity contribution in [3.8, 4) is 5.75 Å². The van der Waals surface area contributed by atoms with Gasteiger partial charge in [0.15, 0.2) is 5.75 Å². The Labute approximate surface area is 132 Å². The Morgan fingerprint density at radius 2 is 1.52 bits per heavy atom. The molecule has 0 unspecified atom stereocenters. The lowest BCUT2D eigenvalue weighted by Crippen LogP contribution is -2.10. The number of nitrogens with zero attached hydrogens (tertiary/aromatic N) is 1. The fourth-order valence-corrected chi connectivity index (χ4v) is 3.12. The van der Waals surface area contributed by atoms with E-state index in [1.807, 2.05) is 18.2 Å². The van der Waals surface area contributed by atoms with Crippen LogP contribution in [-0.4, -0.2) is 13.3 Å². The van der Waals surface area contributed by atoms with Gasteiger partial charge in [-0.3, -0.25) is 10.1 Å². The van der Waals surface area contributed by atoms with Gasteiger partial charge in [0.25, 0.3) is 5.69 Å². The summed E-state index contributed by atoms with van der Waals surface area (Å²) in [4.78, 5) is 9.89. The predicted molar refractivity (Wildman–Crippen MR) is 84.9 cm³/mol. The van der Waals surface area contributed by atoms with Crippen LogP contribution in [0.25, 0.3) is 10.8 Å². The van der Waals surface area contributed by atoms with E-state index in [2.05, 4.69) is 0 Å². The molecule has 0 fully saturated rings. The second-order valence-corrected chi connectivity index (χ2v) is 6.31. The van der Waals surface area contributed by atoms with E-state index in [0.717, 1.165) is 29.7 Å². The number of rotatable bonds is 4. The van der Waals surface area contributed by atoms with Crippen molar-refractivity contribution < 1.29 is 17.5 Å². The smallest absolute Gasteiger partial charge is 0.339 e. The number of fused-ring (bicyclic) bond motifs is 1. The molecule has 0 heterocycles. The molecule has 0 N–H and O–H groups in total. The lowest BCUT2D eigenvalue weighted by Gasteiger charge is -2.09. The van der Waals surface area contributed by atoms with Crippen LogP contribution in [0.3, 0.4) is 0 Å². The van der Waals surface area contributed by atoms with Crippen LogP contribution < -0.4 is 4.18 Å². The maximum Gasteiger partial charge on any atom is 0.339 e. The molecule has 0 radical (unpaired) electrons. The Kier molecular flexibility index (Phi) is 3.71. The van der Waals surface area contributed by atoms with Crippen molar-refractivity contribution in [2.24, 2.45) is 0 Å². The summed E-state index contributed by atoms with van der Waals surface area (Å²) in [5, 5.41) is 12.1. The molecule has 116 valence electrons. The Bertz CT molecular complexity index is 976. The third-order valence-electron chi connectivity index (χ3n) is 3.29. The second kappa shape index (κ2) is 5.69. The molecule has 0 bridgehead atoms. The third-order valence-corrected chi connectivity index (χ3v) is 4.53. The van der Waals surface area contributed by atoms with Gasteiger partial charge >= 0.3 is 10.1 Å². The fraction of sp³-hybridized carbons (Fsp3) is 0. The molecule has 0 saturated carbocycles. The van der Waals surface area contributed by atoms with E-state index < -0.39 is 15.0 Å². The van der Waals surface area contributed by atoms with E-state index in [-0.39, 0.29) is 16.3 Å². The van der Waals surface area contributed by atoms with Gasteiger partial charge in [0, 0.05) is 17.5 Å². The molecule has 6 nitrogen and oxygen atoms in total. The molecule has 3 aromatic carbocycles. The van der Waals surface area contributed by atoms with Crippen LogP contribution in [0, 0.1) is 10.1 Å². The fourth-order valence-electron chi connectivity index (χ4n) is 2.17. The highest BCUT2D eigenvalue weighted by Crippen LogP contribution is 2.28. The first-order valence-corrected chi connectivity index (χ1v) is 8.05. The average molecular weight is 329 g/mol. The maximum absolute atomic E-state index is 12.3. The number of hydrogen-bond acceptors (Lipinski definition) is 5. The highest BCUT2D eigenvalue weighted by Gasteiger charge is 2.19. The van der Waals surface area contributed by atoms with E-state index in [1.54, 1.807) is 24.3 Å².